The summed E-state index contributed by atoms with van der Waals surface area (Å²) < 4.78 is 0. The van der Waals surface area contributed by atoms with E-state index in [2.05, 4.69) is 49.6 Å². The molecule has 1 aromatic heterocycles. The summed E-state index contributed by atoms with van der Waals surface area (Å²) in [7, 11) is 2.15. The number of carbonyl (C=O) groups is 1. The molecule has 2 heterocycles. The molecular formula is C19H26N6O. The normalized spacial score (nSPS) is 14.9. The van der Waals surface area contributed by atoms with E-state index >= 15 is 0 Å². The van der Waals surface area contributed by atoms with Gasteiger partial charge in [0, 0.05) is 50.3 Å². The topological polar surface area (TPSA) is 73.4 Å². The molecule has 0 atom stereocenters. The summed E-state index contributed by atoms with van der Waals surface area (Å²) in [6.07, 6.45) is 2.48. The second kappa shape index (κ2) is 8.62. The summed E-state index contributed by atoms with van der Waals surface area (Å²) in [5.74, 6) is 0.240. The molecule has 1 aliphatic rings. The first-order valence-electron chi connectivity index (χ1n) is 9.07. The molecule has 7 heteroatoms. The highest BCUT2D eigenvalue weighted by Crippen LogP contribution is 2.20. The number of nitrogens with zero attached hydrogens (tertiary/aromatic N) is 4. The van der Waals surface area contributed by atoms with Gasteiger partial charge in [0.25, 0.3) is 5.91 Å². The van der Waals surface area contributed by atoms with Crippen molar-refractivity contribution in [3.05, 3.63) is 42.2 Å². The number of hydrogen-bond donors (Lipinski definition) is 2. The number of benzene rings is 1. The van der Waals surface area contributed by atoms with Gasteiger partial charge in [0.15, 0.2) is 0 Å². The van der Waals surface area contributed by atoms with Crippen LogP contribution >= 0.6 is 0 Å². The molecule has 138 valence electrons. The maximum absolute atomic E-state index is 12.0. The summed E-state index contributed by atoms with van der Waals surface area (Å²) in [4.78, 5) is 25.2. The van der Waals surface area contributed by atoms with E-state index in [-0.39, 0.29) is 5.91 Å². The van der Waals surface area contributed by atoms with Gasteiger partial charge >= 0.3 is 0 Å². The van der Waals surface area contributed by atoms with Crippen molar-refractivity contribution < 1.29 is 4.79 Å². The number of rotatable bonds is 6. The fourth-order valence-corrected chi connectivity index (χ4v) is 2.82. The fourth-order valence-electron chi connectivity index (χ4n) is 2.82. The van der Waals surface area contributed by atoms with Gasteiger partial charge in [-0.25, -0.2) is 9.97 Å². The second-order valence-electron chi connectivity index (χ2n) is 6.48. The molecule has 0 radical (unpaired) electrons. The summed E-state index contributed by atoms with van der Waals surface area (Å²) in [6.45, 7) is 6.91. The smallest absolute Gasteiger partial charge is 0.270 e. The predicted molar refractivity (Wildman–Crippen MR) is 104 cm³/mol. The molecule has 1 aromatic carbocycles. The van der Waals surface area contributed by atoms with Crippen LogP contribution in [0.5, 0.6) is 0 Å². The van der Waals surface area contributed by atoms with E-state index in [0.717, 1.165) is 38.3 Å². The number of carbonyl (C=O) groups excluding carboxylic acids is 1. The van der Waals surface area contributed by atoms with Crippen LogP contribution in [0.4, 0.5) is 17.3 Å². The number of amides is 1. The van der Waals surface area contributed by atoms with Crippen LogP contribution in [-0.2, 0) is 0 Å². The number of nitrogens with one attached hydrogen (secondary N) is 2. The highest BCUT2D eigenvalue weighted by Gasteiger charge is 2.14. The third-order valence-corrected chi connectivity index (χ3v) is 4.42. The molecule has 1 aliphatic heterocycles. The van der Waals surface area contributed by atoms with E-state index in [1.54, 1.807) is 12.3 Å². The first kappa shape index (κ1) is 18.1. The van der Waals surface area contributed by atoms with Crippen molar-refractivity contribution in [2.45, 2.75) is 13.3 Å². The first-order valence-corrected chi connectivity index (χ1v) is 9.07. The van der Waals surface area contributed by atoms with Gasteiger partial charge in [-0.1, -0.05) is 6.92 Å². The number of aromatic nitrogens is 2. The molecule has 1 fully saturated rings. The van der Waals surface area contributed by atoms with E-state index in [4.69, 9.17) is 0 Å². The lowest BCUT2D eigenvalue weighted by molar-refractivity contribution is 0.0948. The average Bonchev–Trinajstić information content (AvgIpc) is 2.67. The molecular weight excluding hydrogens is 328 g/mol. The van der Waals surface area contributed by atoms with Crippen LogP contribution in [0.3, 0.4) is 0 Å². The highest BCUT2D eigenvalue weighted by molar-refractivity contribution is 5.92. The molecule has 0 spiro atoms. The Bertz CT molecular complexity index is 725. The summed E-state index contributed by atoms with van der Waals surface area (Å²) >= 11 is 0. The van der Waals surface area contributed by atoms with Gasteiger partial charge in [-0.2, -0.15) is 0 Å². The van der Waals surface area contributed by atoms with Gasteiger partial charge in [-0.3, -0.25) is 4.79 Å². The third-order valence-electron chi connectivity index (χ3n) is 4.42. The average molecular weight is 354 g/mol. The van der Waals surface area contributed by atoms with Gasteiger partial charge in [-0.05, 0) is 43.8 Å². The van der Waals surface area contributed by atoms with Gasteiger partial charge in [0.05, 0.1) is 0 Å². The first-order chi connectivity index (χ1) is 12.7. The second-order valence-corrected chi connectivity index (χ2v) is 6.48. The third kappa shape index (κ3) is 4.70. The van der Waals surface area contributed by atoms with Gasteiger partial charge in [-0.15, -0.1) is 0 Å². The Hall–Kier alpha value is -2.67. The fraction of sp³-hybridized carbons (Fsp3) is 0.421. The lowest BCUT2D eigenvalue weighted by Gasteiger charge is -2.34. The van der Waals surface area contributed by atoms with Crippen LogP contribution in [0.25, 0.3) is 0 Å². The largest absolute Gasteiger partial charge is 0.369 e. The van der Waals surface area contributed by atoms with E-state index in [1.807, 2.05) is 19.1 Å². The Balaban J connectivity index is 1.63. The molecule has 2 aromatic rings. The number of anilines is 3. The Labute approximate surface area is 154 Å². The summed E-state index contributed by atoms with van der Waals surface area (Å²) in [5.41, 5.74) is 2.48. The van der Waals surface area contributed by atoms with Crippen LogP contribution in [0, 0.1) is 0 Å². The highest BCUT2D eigenvalue weighted by atomic mass is 16.1. The van der Waals surface area contributed by atoms with Crippen LogP contribution < -0.4 is 15.5 Å². The lowest BCUT2D eigenvalue weighted by Crippen LogP contribution is -2.44. The van der Waals surface area contributed by atoms with E-state index < -0.39 is 0 Å². The standard InChI is InChI=1S/C19H26N6O/c1-3-9-20-18(26)17-8-10-21-19(23-17)22-15-4-6-16(7-5-15)25-13-11-24(2)12-14-25/h4-8,10H,3,9,11-14H2,1-2H3,(H,20,26)(H,21,22,23). The molecule has 0 saturated carbocycles. The maximum atomic E-state index is 12.0. The zero-order valence-electron chi connectivity index (χ0n) is 15.4. The zero-order chi connectivity index (χ0) is 18.4. The molecule has 7 nitrogen and oxygen atoms in total. The summed E-state index contributed by atoms with van der Waals surface area (Å²) in [6, 6.07) is 9.85. The molecule has 0 aliphatic carbocycles. The Morgan fingerprint density at radius 3 is 2.54 bits per heavy atom. The lowest BCUT2D eigenvalue weighted by atomic mass is 10.2. The molecule has 0 bridgehead atoms. The van der Waals surface area contributed by atoms with Crippen molar-refractivity contribution in [1.29, 1.82) is 0 Å². The quantitative estimate of drug-likeness (QED) is 0.828. The van der Waals surface area contributed by atoms with Crippen molar-refractivity contribution in [3.8, 4) is 0 Å². The predicted octanol–water partition coefficient (Wildman–Crippen LogP) is 2.11. The van der Waals surface area contributed by atoms with E-state index in [0.29, 0.717) is 18.2 Å². The van der Waals surface area contributed by atoms with Crippen LogP contribution in [0.2, 0.25) is 0 Å². The molecule has 1 saturated heterocycles. The van der Waals surface area contributed by atoms with Crippen molar-refractivity contribution in [2.75, 3.05) is 50.0 Å². The Kier molecular flexibility index (Phi) is 6.01. The van der Waals surface area contributed by atoms with Gasteiger partial charge in [0.1, 0.15) is 5.69 Å². The van der Waals surface area contributed by atoms with Crippen molar-refractivity contribution in [1.82, 2.24) is 20.2 Å². The minimum absolute atomic E-state index is 0.178. The number of hydrogen-bond acceptors (Lipinski definition) is 6. The van der Waals surface area contributed by atoms with E-state index in [9.17, 15) is 4.79 Å². The number of likely N-dealkylation sites (N-methyl/N-ethyl adjacent to an activating group) is 1. The molecule has 1 amide bonds. The van der Waals surface area contributed by atoms with Crippen molar-refractivity contribution >= 4 is 23.2 Å². The van der Waals surface area contributed by atoms with Crippen LogP contribution in [0.15, 0.2) is 36.5 Å². The van der Waals surface area contributed by atoms with Crippen molar-refractivity contribution in [2.24, 2.45) is 0 Å². The molecule has 0 unspecified atom stereocenters. The molecule has 3 rings (SSSR count). The Morgan fingerprint density at radius 1 is 1.12 bits per heavy atom. The van der Waals surface area contributed by atoms with Crippen LogP contribution in [-0.4, -0.2) is 60.5 Å². The SMILES string of the molecule is CCCNC(=O)c1ccnc(Nc2ccc(N3CCN(C)CC3)cc2)n1. The number of piperazine rings is 1. The van der Waals surface area contributed by atoms with Gasteiger partial charge in [0.2, 0.25) is 5.95 Å². The molecule has 2 N–H and O–H groups in total. The maximum Gasteiger partial charge on any atom is 0.270 e. The summed E-state index contributed by atoms with van der Waals surface area (Å²) in [5, 5.41) is 5.98. The minimum Gasteiger partial charge on any atom is -0.369 e. The van der Waals surface area contributed by atoms with Crippen LogP contribution in [0.1, 0.15) is 23.8 Å². The van der Waals surface area contributed by atoms with E-state index in [1.165, 1.54) is 5.69 Å². The minimum atomic E-state index is -0.178. The zero-order valence-corrected chi connectivity index (χ0v) is 15.4. The molecule has 26 heavy (non-hydrogen) atoms. The van der Waals surface area contributed by atoms with Gasteiger partial charge < -0.3 is 20.4 Å². The van der Waals surface area contributed by atoms with Crippen molar-refractivity contribution in [3.63, 3.8) is 0 Å². The monoisotopic (exact) mass is 354 g/mol. The Morgan fingerprint density at radius 2 is 1.85 bits per heavy atom.